The van der Waals surface area contributed by atoms with Crippen molar-refractivity contribution in [3.8, 4) is 17.3 Å². The van der Waals surface area contributed by atoms with Gasteiger partial charge in [0.05, 0.1) is 24.6 Å². The van der Waals surface area contributed by atoms with Crippen LogP contribution in [0.2, 0.25) is 0 Å². The number of hydrogen-bond donors (Lipinski definition) is 1. The molecule has 1 amide bonds. The van der Waals surface area contributed by atoms with E-state index in [4.69, 9.17) is 15.5 Å². The van der Waals surface area contributed by atoms with Crippen molar-refractivity contribution in [1.29, 1.82) is 0 Å². The van der Waals surface area contributed by atoms with Crippen molar-refractivity contribution in [2.24, 2.45) is 18.7 Å². The second kappa shape index (κ2) is 10.7. The van der Waals surface area contributed by atoms with E-state index in [-0.39, 0.29) is 28.1 Å². The first-order valence-electron chi connectivity index (χ1n) is 14.3. The van der Waals surface area contributed by atoms with Gasteiger partial charge in [0.15, 0.2) is 5.82 Å². The van der Waals surface area contributed by atoms with Crippen LogP contribution in [-0.2, 0) is 23.6 Å². The highest BCUT2D eigenvalue weighted by molar-refractivity contribution is 7.92. The number of carbonyl (C=O) groups is 1. The van der Waals surface area contributed by atoms with Crippen molar-refractivity contribution in [2.75, 3.05) is 24.2 Å². The van der Waals surface area contributed by atoms with Crippen LogP contribution in [0.15, 0.2) is 30.3 Å². The van der Waals surface area contributed by atoms with Crippen LogP contribution in [0.3, 0.4) is 0 Å². The molecule has 1 saturated heterocycles. The standard InChI is InChI=1S/C29H35F2N7O4S/c1-16-20(32)6-5-11-36(16)28(39)19-12-21-25(23(14-19)42-3)35(2)27(33-21)22-13-18-9-10-24(38(29(30)31)43(4,40)41)34-26(18)37(22)15-17-7-8-17/h9-10,12-14,16-17,20,29H,5-8,11,15,32H2,1-4H3/t16-,20-/m1/s1. The van der Waals surface area contributed by atoms with Crippen molar-refractivity contribution in [3.63, 3.8) is 0 Å². The molecule has 14 heteroatoms. The number of aromatic nitrogens is 4. The molecule has 1 aliphatic carbocycles. The van der Waals surface area contributed by atoms with Gasteiger partial charge in [-0.2, -0.15) is 13.1 Å². The lowest BCUT2D eigenvalue weighted by Gasteiger charge is -2.37. The zero-order valence-corrected chi connectivity index (χ0v) is 25.3. The van der Waals surface area contributed by atoms with Crippen molar-refractivity contribution < 1.29 is 26.7 Å². The van der Waals surface area contributed by atoms with Crippen molar-refractivity contribution in [2.45, 2.75) is 57.8 Å². The molecule has 43 heavy (non-hydrogen) atoms. The number of methoxy groups -OCH3 is 1. The molecule has 4 heterocycles. The van der Waals surface area contributed by atoms with Gasteiger partial charge in [-0.3, -0.25) is 4.79 Å². The third-order valence-electron chi connectivity index (χ3n) is 8.57. The smallest absolute Gasteiger partial charge is 0.329 e. The third kappa shape index (κ3) is 5.20. The fourth-order valence-electron chi connectivity index (χ4n) is 6.03. The Balaban J connectivity index is 1.49. The number of sulfonamides is 1. The Hall–Kier alpha value is -3.78. The molecule has 1 saturated carbocycles. The van der Waals surface area contributed by atoms with E-state index in [0.717, 1.165) is 31.9 Å². The summed E-state index contributed by atoms with van der Waals surface area (Å²) >= 11 is 0. The Labute approximate surface area is 248 Å². The third-order valence-corrected chi connectivity index (χ3v) is 9.63. The van der Waals surface area contributed by atoms with Crippen LogP contribution >= 0.6 is 0 Å². The molecule has 2 atom stereocenters. The van der Waals surface area contributed by atoms with Crippen LogP contribution in [-0.4, -0.2) is 76.9 Å². The van der Waals surface area contributed by atoms with Crippen LogP contribution in [0.25, 0.3) is 33.6 Å². The maximum Gasteiger partial charge on any atom is 0.329 e. The fraction of sp³-hybridized carbons (Fsp3) is 0.483. The van der Waals surface area contributed by atoms with Gasteiger partial charge in [0.2, 0.25) is 10.0 Å². The number of nitrogens with zero attached hydrogens (tertiary/aromatic N) is 6. The lowest BCUT2D eigenvalue weighted by Crippen LogP contribution is -2.52. The first-order valence-corrected chi connectivity index (χ1v) is 16.1. The van der Waals surface area contributed by atoms with E-state index in [1.165, 1.54) is 6.07 Å². The number of likely N-dealkylation sites (tertiary alicyclic amines) is 1. The number of pyridine rings is 1. The predicted molar refractivity (Wildman–Crippen MR) is 160 cm³/mol. The molecule has 0 bridgehead atoms. The molecule has 0 spiro atoms. The number of fused-ring (bicyclic) bond motifs is 2. The second-order valence-electron chi connectivity index (χ2n) is 11.6. The summed E-state index contributed by atoms with van der Waals surface area (Å²) in [5, 5.41) is 0.660. The minimum atomic E-state index is -4.27. The molecule has 2 N–H and O–H groups in total. The lowest BCUT2D eigenvalue weighted by molar-refractivity contribution is 0.0604. The number of halogens is 2. The van der Waals surface area contributed by atoms with E-state index < -0.39 is 16.6 Å². The Morgan fingerprint density at radius 1 is 1.19 bits per heavy atom. The Morgan fingerprint density at radius 2 is 1.93 bits per heavy atom. The van der Waals surface area contributed by atoms with Gasteiger partial charge in [0.1, 0.15) is 22.7 Å². The fourth-order valence-corrected chi connectivity index (χ4v) is 6.76. The molecule has 3 aromatic heterocycles. The molecule has 2 fully saturated rings. The number of imidazole rings is 1. The summed E-state index contributed by atoms with van der Waals surface area (Å²) in [5.74, 6) is 0.951. The molecule has 6 rings (SSSR count). The average Bonchev–Trinajstić information content (AvgIpc) is 3.62. The number of alkyl halides is 2. The number of benzene rings is 1. The monoisotopic (exact) mass is 615 g/mol. The predicted octanol–water partition coefficient (Wildman–Crippen LogP) is 3.95. The number of amides is 1. The summed E-state index contributed by atoms with van der Waals surface area (Å²) in [4.78, 5) is 24.8. The number of rotatable bonds is 8. The minimum absolute atomic E-state index is 0.0229. The van der Waals surface area contributed by atoms with Crippen LogP contribution in [0.5, 0.6) is 5.75 Å². The second-order valence-corrected chi connectivity index (χ2v) is 13.4. The van der Waals surface area contributed by atoms with Gasteiger partial charge in [-0.05, 0) is 68.9 Å². The molecule has 11 nitrogen and oxygen atoms in total. The molecule has 0 radical (unpaired) electrons. The van der Waals surface area contributed by atoms with Gasteiger partial charge in [-0.25, -0.2) is 18.4 Å². The molecule has 230 valence electrons. The Kier molecular flexibility index (Phi) is 7.32. The zero-order chi connectivity index (χ0) is 30.8. The summed E-state index contributed by atoms with van der Waals surface area (Å²) in [7, 11) is -0.879. The molecule has 1 aliphatic heterocycles. The number of hydrogen-bond acceptors (Lipinski definition) is 7. The van der Waals surface area contributed by atoms with Crippen LogP contribution in [0.1, 0.15) is 43.0 Å². The maximum absolute atomic E-state index is 13.8. The molecular formula is C29H35F2N7O4S. The van der Waals surface area contributed by atoms with Gasteiger partial charge in [-0.15, -0.1) is 0 Å². The number of carbonyl (C=O) groups excluding carboxylic acids is 1. The van der Waals surface area contributed by atoms with Gasteiger partial charge in [0, 0.05) is 43.2 Å². The molecule has 1 aromatic carbocycles. The highest BCUT2D eigenvalue weighted by atomic mass is 32.2. The molecule has 4 aromatic rings. The summed E-state index contributed by atoms with van der Waals surface area (Å²) in [6, 6.07) is 8.05. The largest absolute Gasteiger partial charge is 0.494 e. The lowest BCUT2D eigenvalue weighted by atomic mass is 9.97. The molecular weight excluding hydrogens is 580 g/mol. The van der Waals surface area contributed by atoms with Crippen molar-refractivity contribution in [1.82, 2.24) is 24.0 Å². The SMILES string of the molecule is COc1cc(C(=O)N2CCC[C@@H](N)[C@H]2C)cc2nc(-c3cc4ccc(N(C(F)F)S(C)(=O)=O)nc4n3CC3CC3)n(C)c12. The van der Waals surface area contributed by atoms with E-state index in [2.05, 4.69) is 4.98 Å². The average molecular weight is 616 g/mol. The zero-order valence-electron chi connectivity index (χ0n) is 24.5. The van der Waals surface area contributed by atoms with E-state index in [9.17, 15) is 22.0 Å². The minimum Gasteiger partial charge on any atom is -0.494 e. The summed E-state index contributed by atoms with van der Waals surface area (Å²) in [6.45, 7) is -0.121. The maximum atomic E-state index is 13.8. The number of piperidine rings is 1. The highest BCUT2D eigenvalue weighted by Crippen LogP contribution is 2.38. The van der Waals surface area contributed by atoms with E-state index in [1.807, 2.05) is 29.2 Å². The molecule has 0 unspecified atom stereocenters. The van der Waals surface area contributed by atoms with Crippen LogP contribution in [0, 0.1) is 5.92 Å². The van der Waals surface area contributed by atoms with Gasteiger partial charge < -0.3 is 24.5 Å². The summed E-state index contributed by atoms with van der Waals surface area (Å²) in [5.41, 5.74) is 9.04. The quantitative estimate of drug-likeness (QED) is 0.297. The number of ether oxygens (including phenoxy) is 1. The molecule has 2 aliphatic rings. The van der Waals surface area contributed by atoms with E-state index >= 15 is 0 Å². The first kappa shape index (κ1) is 29.3. The number of aryl methyl sites for hydroxylation is 1. The van der Waals surface area contributed by atoms with Crippen molar-refractivity contribution in [3.05, 3.63) is 35.9 Å². The topological polar surface area (TPSA) is 129 Å². The van der Waals surface area contributed by atoms with E-state index in [0.29, 0.717) is 63.9 Å². The first-order chi connectivity index (χ1) is 20.4. The Morgan fingerprint density at radius 3 is 2.58 bits per heavy atom. The number of anilines is 1. The highest BCUT2D eigenvalue weighted by Gasteiger charge is 2.32. The summed E-state index contributed by atoms with van der Waals surface area (Å²) < 4.78 is 61.5. The van der Waals surface area contributed by atoms with Crippen LogP contribution < -0.4 is 14.8 Å². The van der Waals surface area contributed by atoms with Crippen molar-refractivity contribution >= 4 is 43.8 Å². The van der Waals surface area contributed by atoms with Gasteiger partial charge in [-0.1, -0.05) is 0 Å². The van der Waals surface area contributed by atoms with Gasteiger partial charge >= 0.3 is 6.55 Å². The van der Waals surface area contributed by atoms with Gasteiger partial charge in [0.25, 0.3) is 5.91 Å². The summed E-state index contributed by atoms with van der Waals surface area (Å²) in [6.07, 6.45) is 4.48. The van der Waals surface area contributed by atoms with E-state index in [1.54, 1.807) is 30.2 Å². The normalized spacial score (nSPS) is 19.5. The number of nitrogens with two attached hydrogens (primary N) is 1. The Bertz CT molecular complexity index is 1830. The van der Waals surface area contributed by atoms with Crippen LogP contribution in [0.4, 0.5) is 14.6 Å².